The lowest BCUT2D eigenvalue weighted by Crippen LogP contribution is -2.42. The molecule has 2 N–H and O–H groups in total. The fourth-order valence-electron chi connectivity index (χ4n) is 4.58. The summed E-state index contributed by atoms with van der Waals surface area (Å²) in [5, 5.41) is 12.2. The van der Waals surface area contributed by atoms with E-state index in [9.17, 15) is 14.7 Å². The minimum atomic E-state index is -1.12. The van der Waals surface area contributed by atoms with Gasteiger partial charge in [0.1, 0.15) is 12.6 Å². The van der Waals surface area contributed by atoms with Crippen LogP contribution >= 0.6 is 12.4 Å². The highest BCUT2D eigenvalue weighted by atomic mass is 35.5. The van der Waals surface area contributed by atoms with Crippen molar-refractivity contribution in [3.63, 3.8) is 0 Å². The Balaban J connectivity index is 0.00000304. The van der Waals surface area contributed by atoms with Gasteiger partial charge in [0.15, 0.2) is 0 Å². The Morgan fingerprint density at radius 2 is 1.50 bits per heavy atom. The summed E-state index contributed by atoms with van der Waals surface area (Å²) in [4.78, 5) is 28.5. The fraction of sp³-hybridized carbons (Fsp3) is 0.138. The Labute approximate surface area is 215 Å². The molecule has 5 rings (SSSR count). The lowest BCUT2D eigenvalue weighted by molar-refractivity contribution is -0.139. The van der Waals surface area contributed by atoms with Crippen LogP contribution in [0.3, 0.4) is 0 Å². The molecule has 0 bridgehead atoms. The first-order valence-corrected chi connectivity index (χ1v) is 11.4. The molecule has 0 fully saturated rings. The number of aliphatic carboxylic acids is 1. The summed E-state index contributed by atoms with van der Waals surface area (Å²) in [6, 6.07) is 26.4. The lowest BCUT2D eigenvalue weighted by atomic mass is 9.98. The minimum absolute atomic E-state index is 0. The molecule has 1 aromatic heterocycles. The van der Waals surface area contributed by atoms with Crippen LogP contribution in [0.25, 0.3) is 22.3 Å². The fourth-order valence-corrected chi connectivity index (χ4v) is 4.58. The first kappa shape index (κ1) is 24.9. The van der Waals surface area contributed by atoms with Gasteiger partial charge in [0, 0.05) is 24.7 Å². The Morgan fingerprint density at radius 3 is 2.08 bits per heavy atom. The van der Waals surface area contributed by atoms with E-state index >= 15 is 0 Å². The van der Waals surface area contributed by atoms with Crippen molar-refractivity contribution in [1.29, 1.82) is 0 Å². The van der Waals surface area contributed by atoms with Crippen LogP contribution in [0.15, 0.2) is 97.3 Å². The number of hydrogen-bond acceptors (Lipinski definition) is 4. The number of ether oxygens (including phenoxy) is 1. The number of amides is 1. The SMILES string of the molecule is Cl.O=C(N[C@@H](Cc1ccc(-c2cccnc2)cc1)C(=O)O)OCC1c2ccccc2-c2ccccc21. The van der Waals surface area contributed by atoms with Crippen molar-refractivity contribution in [2.45, 2.75) is 18.4 Å². The Bertz CT molecular complexity index is 1310. The molecule has 1 aliphatic carbocycles. The molecule has 1 aliphatic rings. The van der Waals surface area contributed by atoms with Crippen molar-refractivity contribution >= 4 is 24.5 Å². The number of fused-ring (bicyclic) bond motifs is 3. The van der Waals surface area contributed by atoms with Crippen LogP contribution in [0.5, 0.6) is 0 Å². The smallest absolute Gasteiger partial charge is 0.407 e. The maximum Gasteiger partial charge on any atom is 0.407 e. The highest BCUT2D eigenvalue weighted by Crippen LogP contribution is 2.44. The first-order chi connectivity index (χ1) is 17.1. The number of halogens is 1. The lowest BCUT2D eigenvalue weighted by Gasteiger charge is -2.17. The predicted octanol–water partition coefficient (Wildman–Crippen LogP) is 5.70. The van der Waals surface area contributed by atoms with Crippen molar-refractivity contribution in [2.75, 3.05) is 6.61 Å². The van der Waals surface area contributed by atoms with Gasteiger partial charge in [-0.2, -0.15) is 0 Å². The molecule has 3 aromatic carbocycles. The van der Waals surface area contributed by atoms with Gasteiger partial charge in [-0.05, 0) is 45.0 Å². The number of carbonyl (C=O) groups excluding carboxylic acids is 1. The molecule has 0 unspecified atom stereocenters. The highest BCUT2D eigenvalue weighted by Gasteiger charge is 2.29. The number of carboxylic acids is 1. The molecular formula is C29H25ClN2O4. The van der Waals surface area contributed by atoms with Crippen molar-refractivity contribution in [3.8, 4) is 22.3 Å². The average molecular weight is 501 g/mol. The van der Waals surface area contributed by atoms with Crippen LogP contribution < -0.4 is 5.32 Å². The maximum atomic E-state index is 12.6. The molecule has 6 nitrogen and oxygen atoms in total. The molecule has 0 saturated carbocycles. The third-order valence-corrected chi connectivity index (χ3v) is 6.32. The van der Waals surface area contributed by atoms with Gasteiger partial charge in [-0.15, -0.1) is 12.4 Å². The van der Waals surface area contributed by atoms with Crippen molar-refractivity contribution in [2.24, 2.45) is 0 Å². The first-order valence-electron chi connectivity index (χ1n) is 11.4. The third-order valence-electron chi connectivity index (χ3n) is 6.32. The number of carboxylic acid groups (broad SMARTS) is 1. The van der Waals surface area contributed by atoms with E-state index in [4.69, 9.17) is 4.74 Å². The average Bonchev–Trinajstić information content (AvgIpc) is 3.21. The minimum Gasteiger partial charge on any atom is -0.480 e. The van der Waals surface area contributed by atoms with E-state index in [-0.39, 0.29) is 31.4 Å². The van der Waals surface area contributed by atoms with Crippen LogP contribution in [-0.4, -0.2) is 34.8 Å². The molecule has 1 atom stereocenters. The number of nitrogens with zero attached hydrogens (tertiary/aromatic N) is 1. The van der Waals surface area contributed by atoms with Crippen molar-refractivity contribution < 1.29 is 19.4 Å². The van der Waals surface area contributed by atoms with E-state index in [2.05, 4.69) is 22.4 Å². The topological polar surface area (TPSA) is 88.5 Å². The van der Waals surface area contributed by atoms with Gasteiger partial charge >= 0.3 is 12.1 Å². The summed E-state index contributed by atoms with van der Waals surface area (Å²) in [7, 11) is 0. The number of benzene rings is 3. The van der Waals surface area contributed by atoms with E-state index in [1.54, 1.807) is 12.4 Å². The second-order valence-electron chi connectivity index (χ2n) is 8.50. The largest absolute Gasteiger partial charge is 0.480 e. The molecule has 4 aromatic rings. The summed E-state index contributed by atoms with van der Waals surface area (Å²) in [6.07, 6.45) is 2.89. The summed E-state index contributed by atoms with van der Waals surface area (Å²) >= 11 is 0. The van der Waals surface area contributed by atoms with Crippen LogP contribution in [-0.2, 0) is 16.0 Å². The normalized spacial score (nSPS) is 12.6. The number of hydrogen-bond donors (Lipinski definition) is 2. The van der Waals surface area contributed by atoms with Crippen molar-refractivity contribution in [1.82, 2.24) is 10.3 Å². The Morgan fingerprint density at radius 1 is 0.861 bits per heavy atom. The van der Waals surface area contributed by atoms with Crippen LogP contribution in [0.2, 0.25) is 0 Å². The molecule has 0 aliphatic heterocycles. The predicted molar refractivity (Wildman–Crippen MR) is 140 cm³/mol. The molecule has 36 heavy (non-hydrogen) atoms. The molecule has 0 spiro atoms. The summed E-state index contributed by atoms with van der Waals surface area (Å²) < 4.78 is 5.51. The van der Waals surface area contributed by atoms with Gasteiger partial charge < -0.3 is 15.2 Å². The van der Waals surface area contributed by atoms with Crippen molar-refractivity contribution in [3.05, 3.63) is 114 Å². The number of nitrogens with one attached hydrogen (secondary N) is 1. The highest BCUT2D eigenvalue weighted by molar-refractivity contribution is 5.85. The maximum absolute atomic E-state index is 12.6. The zero-order valence-corrected chi connectivity index (χ0v) is 20.2. The molecular weight excluding hydrogens is 476 g/mol. The second-order valence-corrected chi connectivity index (χ2v) is 8.50. The Kier molecular flexibility index (Phi) is 7.66. The van der Waals surface area contributed by atoms with E-state index in [1.165, 1.54) is 0 Å². The molecule has 182 valence electrons. The summed E-state index contributed by atoms with van der Waals surface area (Å²) in [5.41, 5.74) is 7.23. The zero-order chi connectivity index (χ0) is 24.2. The van der Waals surface area contributed by atoms with E-state index in [0.29, 0.717) is 0 Å². The second kappa shape index (κ2) is 11.1. The van der Waals surface area contributed by atoms with Crippen LogP contribution in [0.4, 0.5) is 4.79 Å². The van der Waals surface area contributed by atoms with Crippen LogP contribution in [0, 0.1) is 0 Å². The molecule has 1 heterocycles. The number of alkyl carbamates (subject to hydrolysis) is 1. The standard InChI is InChI=1S/C29H24N2O4.ClH/c32-28(33)27(16-19-11-13-20(14-12-19)21-6-5-15-30-17-21)31-29(34)35-18-26-24-9-3-1-7-22(24)23-8-2-4-10-25(23)26;/h1-15,17,26-27H,16,18H2,(H,31,34)(H,32,33);1H/t27-;/m0./s1. The Hall–Kier alpha value is -4.16. The van der Waals surface area contributed by atoms with Gasteiger partial charge in [-0.3, -0.25) is 4.98 Å². The monoisotopic (exact) mass is 500 g/mol. The third kappa shape index (κ3) is 5.24. The van der Waals surface area contributed by atoms with Gasteiger partial charge in [-0.1, -0.05) is 78.9 Å². The molecule has 0 saturated heterocycles. The van der Waals surface area contributed by atoms with Crippen LogP contribution in [0.1, 0.15) is 22.6 Å². The van der Waals surface area contributed by atoms with E-state index in [1.807, 2.05) is 72.8 Å². The summed E-state index contributed by atoms with van der Waals surface area (Å²) in [5.74, 6) is -1.20. The number of rotatable bonds is 7. The van der Waals surface area contributed by atoms with Gasteiger partial charge in [-0.25, -0.2) is 9.59 Å². The summed E-state index contributed by atoms with van der Waals surface area (Å²) in [6.45, 7) is 0.131. The quantitative estimate of drug-likeness (QED) is 0.339. The van der Waals surface area contributed by atoms with Gasteiger partial charge in [0.2, 0.25) is 0 Å². The number of aromatic nitrogens is 1. The molecule has 1 amide bonds. The van der Waals surface area contributed by atoms with E-state index < -0.39 is 18.1 Å². The van der Waals surface area contributed by atoms with Gasteiger partial charge in [0.05, 0.1) is 0 Å². The number of carbonyl (C=O) groups is 2. The molecule has 0 radical (unpaired) electrons. The molecule has 7 heteroatoms. The number of pyridine rings is 1. The van der Waals surface area contributed by atoms with Gasteiger partial charge in [0.25, 0.3) is 0 Å². The zero-order valence-electron chi connectivity index (χ0n) is 19.3. The van der Waals surface area contributed by atoms with E-state index in [0.717, 1.165) is 38.9 Å².